The highest BCUT2D eigenvalue weighted by Gasteiger charge is 2.18. The first-order valence-electron chi connectivity index (χ1n) is 6.79. The molecule has 3 N–H and O–H groups in total. The summed E-state index contributed by atoms with van der Waals surface area (Å²) in [5.41, 5.74) is 3.39. The molecule has 1 aliphatic rings. The van der Waals surface area contributed by atoms with Crippen molar-refractivity contribution in [2.24, 2.45) is 0 Å². The van der Waals surface area contributed by atoms with Gasteiger partial charge in [-0.05, 0) is 16.7 Å². The van der Waals surface area contributed by atoms with Crippen LogP contribution in [0.25, 0.3) is 11.1 Å². The minimum atomic E-state index is 0. The quantitative estimate of drug-likeness (QED) is 0.380. The average Bonchev–Trinajstić information content (AvgIpc) is 3.03. The van der Waals surface area contributed by atoms with Crippen LogP contribution in [0, 0.1) is 0 Å². The topological polar surface area (TPSA) is 47.3 Å². The van der Waals surface area contributed by atoms with Crippen LogP contribution in [-0.2, 0) is 6.54 Å². The minimum Gasteiger partial charge on any atom is -1.00 e. The monoisotopic (exact) mass is 303 g/mol. The molecule has 0 aliphatic carbocycles. The van der Waals surface area contributed by atoms with Crippen LogP contribution in [0.1, 0.15) is 5.56 Å². The van der Waals surface area contributed by atoms with Crippen LogP contribution in [0.4, 0.5) is 0 Å². The number of nitrogens with one attached hydrogen (secondary N) is 2. The molecule has 0 spiro atoms. The van der Waals surface area contributed by atoms with Crippen LogP contribution < -0.4 is 23.0 Å². The molecule has 1 heterocycles. The van der Waals surface area contributed by atoms with Crippen molar-refractivity contribution in [2.45, 2.75) is 6.54 Å². The maximum Gasteiger partial charge on any atom is 0.382 e. The summed E-state index contributed by atoms with van der Waals surface area (Å²) in [5, 5.41) is 16.4. The standard InChI is InChI=1S/C16H17N3O.ClH/c20-19(16-17-10-11-18-16)12-14-8-4-5-9-15(14)13-6-2-1-3-7-13;/h1-9,20H,10-12H2,(H,17,18);1H. The molecule has 5 heteroatoms. The summed E-state index contributed by atoms with van der Waals surface area (Å²) in [7, 11) is 0. The molecule has 1 fully saturated rings. The zero-order valence-corrected chi connectivity index (χ0v) is 12.3. The summed E-state index contributed by atoms with van der Waals surface area (Å²) in [5.74, 6) is 0.674. The number of guanidine groups is 1. The molecule has 1 aliphatic heterocycles. The molecule has 110 valence electrons. The van der Waals surface area contributed by atoms with Gasteiger partial charge in [-0.1, -0.05) is 59.3 Å². The van der Waals surface area contributed by atoms with Crippen molar-refractivity contribution in [3.8, 4) is 11.1 Å². The summed E-state index contributed by atoms with van der Waals surface area (Å²) in [6.07, 6.45) is 0. The fourth-order valence-corrected chi connectivity index (χ4v) is 2.40. The number of hydrogen-bond donors (Lipinski definition) is 3. The molecular formula is C16H18ClN3O. The van der Waals surface area contributed by atoms with Crippen LogP contribution >= 0.6 is 0 Å². The van der Waals surface area contributed by atoms with Gasteiger partial charge in [0.25, 0.3) is 0 Å². The first-order valence-corrected chi connectivity index (χ1v) is 6.79. The summed E-state index contributed by atoms with van der Waals surface area (Å²) in [4.78, 5) is 0. The second-order valence-electron chi connectivity index (χ2n) is 4.78. The highest BCUT2D eigenvalue weighted by Crippen LogP contribution is 2.23. The molecule has 0 radical (unpaired) electrons. The second kappa shape index (κ2) is 6.99. The van der Waals surface area contributed by atoms with Gasteiger partial charge in [-0.2, -0.15) is 0 Å². The zero-order chi connectivity index (χ0) is 13.8. The van der Waals surface area contributed by atoms with Crippen LogP contribution in [0.3, 0.4) is 0 Å². The summed E-state index contributed by atoms with van der Waals surface area (Å²) in [6, 6.07) is 18.4. The Morgan fingerprint density at radius 1 is 0.905 bits per heavy atom. The van der Waals surface area contributed by atoms with Crippen LogP contribution in [-0.4, -0.2) is 29.0 Å². The van der Waals surface area contributed by atoms with Crippen molar-refractivity contribution >= 4 is 5.96 Å². The Bertz CT molecular complexity index is 620. The predicted molar refractivity (Wildman–Crippen MR) is 78.6 cm³/mol. The van der Waals surface area contributed by atoms with E-state index in [4.69, 9.17) is 0 Å². The number of hydrogen-bond acceptors (Lipinski definition) is 1. The molecule has 2 aromatic carbocycles. The summed E-state index contributed by atoms with van der Waals surface area (Å²) >= 11 is 0. The number of nitrogens with zero attached hydrogens (tertiary/aromatic N) is 1. The lowest BCUT2D eigenvalue weighted by Crippen LogP contribution is -3.00. The fraction of sp³-hybridized carbons (Fsp3) is 0.188. The molecular weight excluding hydrogens is 286 g/mol. The van der Waals surface area contributed by atoms with E-state index in [2.05, 4.69) is 28.8 Å². The molecule has 4 nitrogen and oxygen atoms in total. The van der Waals surface area contributed by atoms with E-state index >= 15 is 0 Å². The van der Waals surface area contributed by atoms with Gasteiger partial charge in [-0.15, -0.1) is 0 Å². The maximum atomic E-state index is 10.1. The van der Waals surface area contributed by atoms with Gasteiger partial charge in [0.1, 0.15) is 6.54 Å². The normalized spacial score (nSPS) is 13.0. The molecule has 0 unspecified atom stereocenters. The third-order valence-corrected chi connectivity index (χ3v) is 3.39. The smallest absolute Gasteiger partial charge is 0.382 e. The van der Waals surface area contributed by atoms with Crippen LogP contribution in [0.15, 0.2) is 54.6 Å². The van der Waals surface area contributed by atoms with E-state index in [9.17, 15) is 5.21 Å². The fourth-order valence-electron chi connectivity index (χ4n) is 2.40. The van der Waals surface area contributed by atoms with E-state index in [0.717, 1.165) is 29.8 Å². The van der Waals surface area contributed by atoms with E-state index < -0.39 is 0 Å². The Hall–Kier alpha value is -2.20. The van der Waals surface area contributed by atoms with Gasteiger partial charge in [0.2, 0.25) is 0 Å². The predicted octanol–water partition coefficient (Wildman–Crippen LogP) is -1.19. The molecule has 0 atom stereocenters. The van der Waals surface area contributed by atoms with Gasteiger partial charge in [-0.25, -0.2) is 0 Å². The van der Waals surface area contributed by atoms with Crippen molar-refractivity contribution in [2.75, 3.05) is 13.1 Å². The third kappa shape index (κ3) is 3.47. The Morgan fingerprint density at radius 3 is 2.24 bits per heavy atom. The van der Waals surface area contributed by atoms with Gasteiger partial charge >= 0.3 is 5.96 Å². The lowest BCUT2D eigenvalue weighted by Gasteiger charge is -2.09. The summed E-state index contributed by atoms with van der Waals surface area (Å²) in [6.45, 7) is 2.12. The highest BCUT2D eigenvalue weighted by atomic mass is 35.5. The maximum absolute atomic E-state index is 10.1. The number of hydroxylamine groups is 1. The van der Waals surface area contributed by atoms with E-state index in [1.807, 2.05) is 36.4 Å². The zero-order valence-electron chi connectivity index (χ0n) is 11.6. The Morgan fingerprint density at radius 2 is 1.52 bits per heavy atom. The lowest BCUT2D eigenvalue weighted by molar-refractivity contribution is -0.788. The van der Waals surface area contributed by atoms with Crippen molar-refractivity contribution < 1.29 is 22.4 Å². The minimum absolute atomic E-state index is 0. The van der Waals surface area contributed by atoms with Gasteiger partial charge in [-0.3, -0.25) is 10.6 Å². The third-order valence-electron chi connectivity index (χ3n) is 3.39. The van der Waals surface area contributed by atoms with Crippen molar-refractivity contribution in [1.29, 1.82) is 0 Å². The SMILES string of the molecule is O[N+](Cc1ccccc1-c1ccccc1)=C1NCCN1.[Cl-]. The molecule has 0 aromatic heterocycles. The second-order valence-corrected chi connectivity index (χ2v) is 4.78. The van der Waals surface area contributed by atoms with Crippen molar-refractivity contribution in [3.05, 3.63) is 60.2 Å². The number of benzene rings is 2. The lowest BCUT2D eigenvalue weighted by atomic mass is 10.00. The molecule has 1 saturated heterocycles. The van der Waals surface area contributed by atoms with Crippen LogP contribution in [0.5, 0.6) is 0 Å². The number of halogens is 1. The van der Waals surface area contributed by atoms with E-state index in [-0.39, 0.29) is 12.4 Å². The highest BCUT2D eigenvalue weighted by molar-refractivity contribution is 5.76. The first kappa shape index (κ1) is 15.2. The average molecular weight is 304 g/mol. The molecule has 21 heavy (non-hydrogen) atoms. The Kier molecular flexibility index (Phi) is 5.06. The molecule has 0 bridgehead atoms. The first-order chi connectivity index (χ1) is 9.84. The van der Waals surface area contributed by atoms with Crippen molar-refractivity contribution in [1.82, 2.24) is 10.6 Å². The van der Waals surface area contributed by atoms with Crippen LogP contribution in [0.2, 0.25) is 0 Å². The molecule has 3 rings (SSSR count). The Labute approximate surface area is 130 Å². The van der Waals surface area contributed by atoms with Crippen molar-refractivity contribution in [3.63, 3.8) is 0 Å². The molecule has 0 saturated carbocycles. The van der Waals surface area contributed by atoms with E-state index in [1.165, 1.54) is 4.74 Å². The van der Waals surface area contributed by atoms with Gasteiger partial charge in [0.15, 0.2) is 0 Å². The van der Waals surface area contributed by atoms with E-state index in [0.29, 0.717) is 12.5 Å². The van der Waals surface area contributed by atoms with Gasteiger partial charge < -0.3 is 17.6 Å². The van der Waals surface area contributed by atoms with Gasteiger partial charge in [0, 0.05) is 0 Å². The number of rotatable bonds is 3. The molecule has 0 amide bonds. The van der Waals surface area contributed by atoms with Gasteiger partial charge in [0.05, 0.1) is 13.1 Å². The summed E-state index contributed by atoms with van der Waals surface area (Å²) < 4.78 is 1.23. The largest absolute Gasteiger partial charge is 1.00 e. The van der Waals surface area contributed by atoms with E-state index in [1.54, 1.807) is 0 Å². The Balaban J connectivity index is 0.00000161. The molecule has 2 aromatic rings.